The van der Waals surface area contributed by atoms with E-state index in [4.69, 9.17) is 11.6 Å². The van der Waals surface area contributed by atoms with Crippen molar-refractivity contribution in [2.75, 3.05) is 12.4 Å². The van der Waals surface area contributed by atoms with Crippen molar-refractivity contribution in [3.8, 4) is 0 Å². The molecule has 110 valence electrons. The topological polar surface area (TPSA) is 68.3 Å². The number of nitrogens with zero attached hydrogens (tertiary/aromatic N) is 1. The van der Waals surface area contributed by atoms with E-state index in [-0.39, 0.29) is 18.7 Å². The fourth-order valence-electron chi connectivity index (χ4n) is 1.23. The molecule has 20 heavy (non-hydrogen) atoms. The molecule has 0 fully saturated rings. The number of methoxy groups -OCH3 is 1. The second kappa shape index (κ2) is 6.56. The number of pyridine rings is 1. The number of carbonyl (C=O) groups is 2. The minimum Gasteiger partial charge on any atom is -0.469 e. The van der Waals surface area contributed by atoms with E-state index in [1.165, 1.54) is 7.11 Å². The van der Waals surface area contributed by atoms with Gasteiger partial charge in [0, 0.05) is 18.7 Å². The van der Waals surface area contributed by atoms with Crippen LogP contribution < -0.4 is 5.32 Å². The highest BCUT2D eigenvalue weighted by Crippen LogP contribution is 2.34. The maximum atomic E-state index is 12.4. The van der Waals surface area contributed by atoms with Crippen LogP contribution in [-0.4, -0.2) is 24.0 Å². The molecular formula is C11H10ClF3N2O3. The lowest BCUT2D eigenvalue weighted by Gasteiger charge is -2.10. The Kier molecular flexibility index (Phi) is 5.32. The first-order valence-electron chi connectivity index (χ1n) is 5.33. The molecule has 5 nitrogen and oxygen atoms in total. The molecule has 0 atom stereocenters. The zero-order valence-electron chi connectivity index (χ0n) is 10.3. The molecule has 0 saturated heterocycles. The lowest BCUT2D eigenvalue weighted by atomic mass is 10.2. The van der Waals surface area contributed by atoms with Crippen LogP contribution in [0.5, 0.6) is 0 Å². The largest absolute Gasteiger partial charge is 0.469 e. The summed E-state index contributed by atoms with van der Waals surface area (Å²) in [6.45, 7) is 0. The summed E-state index contributed by atoms with van der Waals surface area (Å²) in [4.78, 5) is 25.7. The standard InChI is InChI=1S/C11H10ClF3N2O3/c1-20-10(19)3-2-9(18)17-8-4-7(12)6(5-16-8)11(13,14)15/h4-5H,2-3H2,1H3,(H,16,17,18). The fraction of sp³-hybridized carbons (Fsp3) is 0.364. The molecule has 0 saturated carbocycles. The van der Waals surface area contributed by atoms with E-state index in [0.29, 0.717) is 6.20 Å². The molecule has 0 spiro atoms. The van der Waals surface area contributed by atoms with Gasteiger partial charge in [-0.1, -0.05) is 11.6 Å². The number of hydrogen-bond acceptors (Lipinski definition) is 4. The van der Waals surface area contributed by atoms with E-state index in [0.717, 1.165) is 6.07 Å². The Morgan fingerprint density at radius 2 is 2.05 bits per heavy atom. The Hall–Kier alpha value is -1.83. The summed E-state index contributed by atoms with van der Waals surface area (Å²) in [7, 11) is 1.18. The van der Waals surface area contributed by atoms with Gasteiger partial charge in [0.25, 0.3) is 0 Å². The third-order valence-corrected chi connectivity index (χ3v) is 2.52. The Morgan fingerprint density at radius 1 is 1.40 bits per heavy atom. The molecule has 0 bridgehead atoms. The summed E-state index contributed by atoms with van der Waals surface area (Å²) >= 11 is 5.46. The Labute approximate surface area is 117 Å². The number of rotatable bonds is 4. The van der Waals surface area contributed by atoms with Crippen molar-refractivity contribution < 1.29 is 27.5 Å². The second-order valence-electron chi connectivity index (χ2n) is 3.67. The maximum Gasteiger partial charge on any atom is 0.419 e. The molecule has 0 aliphatic rings. The number of carbonyl (C=O) groups excluding carboxylic acids is 2. The first-order valence-corrected chi connectivity index (χ1v) is 5.71. The van der Waals surface area contributed by atoms with E-state index >= 15 is 0 Å². The van der Waals surface area contributed by atoms with Gasteiger partial charge in [0.2, 0.25) is 5.91 Å². The Balaban J connectivity index is 2.68. The summed E-state index contributed by atoms with van der Waals surface area (Å²) in [5, 5.41) is 1.66. The van der Waals surface area contributed by atoms with Gasteiger partial charge in [0.05, 0.1) is 24.1 Å². The lowest BCUT2D eigenvalue weighted by molar-refractivity contribution is -0.141. The molecule has 1 N–H and O–H groups in total. The number of esters is 1. The van der Waals surface area contributed by atoms with Gasteiger partial charge in [-0.3, -0.25) is 9.59 Å². The quantitative estimate of drug-likeness (QED) is 0.868. The number of nitrogens with one attached hydrogen (secondary N) is 1. The van der Waals surface area contributed by atoms with E-state index in [2.05, 4.69) is 15.0 Å². The van der Waals surface area contributed by atoms with Gasteiger partial charge in [-0.05, 0) is 0 Å². The van der Waals surface area contributed by atoms with Gasteiger partial charge in [-0.25, -0.2) is 4.98 Å². The fourth-order valence-corrected chi connectivity index (χ4v) is 1.49. The maximum absolute atomic E-state index is 12.4. The lowest BCUT2D eigenvalue weighted by Crippen LogP contribution is -2.15. The van der Waals surface area contributed by atoms with Crippen LogP contribution in [-0.2, 0) is 20.5 Å². The molecule has 1 rings (SSSR count). The van der Waals surface area contributed by atoms with Crippen molar-refractivity contribution in [2.24, 2.45) is 0 Å². The van der Waals surface area contributed by atoms with Gasteiger partial charge in [0.1, 0.15) is 5.82 Å². The van der Waals surface area contributed by atoms with Gasteiger partial charge >= 0.3 is 12.1 Å². The van der Waals surface area contributed by atoms with Crippen LogP contribution in [0, 0.1) is 0 Å². The summed E-state index contributed by atoms with van der Waals surface area (Å²) in [5.41, 5.74) is -1.09. The van der Waals surface area contributed by atoms with Crippen LogP contribution in [0.15, 0.2) is 12.3 Å². The normalized spacial score (nSPS) is 11.1. The molecule has 0 unspecified atom stereocenters. The molecule has 1 amide bonds. The first kappa shape index (κ1) is 16.2. The van der Waals surface area contributed by atoms with Crippen LogP contribution in [0.2, 0.25) is 5.02 Å². The van der Waals surface area contributed by atoms with Crippen LogP contribution in [0.1, 0.15) is 18.4 Å². The number of ether oxygens (including phenoxy) is 1. The smallest absolute Gasteiger partial charge is 0.419 e. The highest BCUT2D eigenvalue weighted by atomic mass is 35.5. The summed E-state index contributed by atoms with van der Waals surface area (Å²) in [5.74, 6) is -1.28. The molecular weight excluding hydrogens is 301 g/mol. The molecule has 0 aliphatic carbocycles. The van der Waals surface area contributed by atoms with Gasteiger partial charge < -0.3 is 10.1 Å². The number of halogens is 4. The van der Waals surface area contributed by atoms with E-state index in [1.54, 1.807) is 0 Å². The monoisotopic (exact) mass is 310 g/mol. The van der Waals surface area contributed by atoms with Crippen LogP contribution in [0.3, 0.4) is 0 Å². The molecule has 1 aromatic heterocycles. The number of amides is 1. The molecule has 0 aromatic carbocycles. The summed E-state index contributed by atoms with van der Waals surface area (Å²) in [6, 6.07) is 0.889. The molecule has 1 heterocycles. The molecule has 0 aliphatic heterocycles. The third kappa shape index (κ3) is 4.69. The van der Waals surface area contributed by atoms with E-state index < -0.39 is 28.6 Å². The molecule has 9 heteroatoms. The minimum absolute atomic E-state index is 0.127. The van der Waals surface area contributed by atoms with E-state index in [9.17, 15) is 22.8 Å². The number of aromatic nitrogens is 1. The van der Waals surface area contributed by atoms with Crippen LogP contribution in [0.25, 0.3) is 0 Å². The van der Waals surface area contributed by atoms with Gasteiger partial charge in [0.15, 0.2) is 0 Å². The minimum atomic E-state index is -4.61. The van der Waals surface area contributed by atoms with Gasteiger partial charge in [-0.15, -0.1) is 0 Å². The van der Waals surface area contributed by atoms with Crippen molar-refractivity contribution in [1.29, 1.82) is 0 Å². The summed E-state index contributed by atoms with van der Waals surface area (Å²) < 4.78 is 41.6. The Morgan fingerprint density at radius 3 is 2.55 bits per heavy atom. The second-order valence-corrected chi connectivity index (χ2v) is 4.08. The van der Waals surface area contributed by atoms with E-state index in [1.807, 2.05) is 0 Å². The van der Waals surface area contributed by atoms with Crippen molar-refractivity contribution in [3.63, 3.8) is 0 Å². The van der Waals surface area contributed by atoms with Crippen LogP contribution in [0.4, 0.5) is 19.0 Å². The number of hydrogen-bond donors (Lipinski definition) is 1. The van der Waals surface area contributed by atoms with Crippen molar-refractivity contribution in [2.45, 2.75) is 19.0 Å². The highest BCUT2D eigenvalue weighted by Gasteiger charge is 2.33. The SMILES string of the molecule is COC(=O)CCC(=O)Nc1cc(Cl)c(C(F)(F)F)cn1. The highest BCUT2D eigenvalue weighted by molar-refractivity contribution is 6.31. The Bertz CT molecular complexity index is 520. The molecule has 1 aromatic rings. The van der Waals surface area contributed by atoms with Gasteiger partial charge in [-0.2, -0.15) is 13.2 Å². The zero-order chi connectivity index (χ0) is 15.3. The van der Waals surface area contributed by atoms with Crippen LogP contribution >= 0.6 is 11.6 Å². The first-order chi connectivity index (χ1) is 9.24. The predicted octanol–water partition coefficient (Wildman–Crippen LogP) is 2.65. The summed E-state index contributed by atoms with van der Waals surface area (Å²) in [6.07, 6.45) is -4.40. The van der Waals surface area contributed by atoms with Crippen molar-refractivity contribution in [3.05, 3.63) is 22.8 Å². The average Bonchev–Trinajstić information content (AvgIpc) is 2.34. The average molecular weight is 311 g/mol. The molecule has 0 radical (unpaired) electrons. The predicted molar refractivity (Wildman–Crippen MR) is 64.1 cm³/mol. The number of alkyl halides is 3. The third-order valence-electron chi connectivity index (χ3n) is 2.21. The van der Waals surface area contributed by atoms with Crippen molar-refractivity contribution in [1.82, 2.24) is 4.98 Å². The van der Waals surface area contributed by atoms with Crippen molar-refractivity contribution >= 4 is 29.3 Å². The zero-order valence-corrected chi connectivity index (χ0v) is 11.0. The number of anilines is 1.